The zero-order chi connectivity index (χ0) is 15.6. The van der Waals surface area contributed by atoms with Gasteiger partial charge in [-0.2, -0.15) is 0 Å². The molecule has 21 heavy (non-hydrogen) atoms. The zero-order valence-corrected chi connectivity index (χ0v) is 14.4. The van der Waals surface area contributed by atoms with Gasteiger partial charge in [-0.25, -0.2) is 0 Å². The maximum atomic E-state index is 4.81. The summed E-state index contributed by atoms with van der Waals surface area (Å²) in [6.07, 6.45) is 0. The summed E-state index contributed by atoms with van der Waals surface area (Å²) < 4.78 is 0. The standard InChI is InChI=1S/C15H30N6/c1-15(2,11-16-13-18(3)7-8-19(13)4)12-17-14-20(5)9-10-21(14)6/h7-12H2,1-6H3. The van der Waals surface area contributed by atoms with Crippen LogP contribution in [0.2, 0.25) is 0 Å². The summed E-state index contributed by atoms with van der Waals surface area (Å²) in [6, 6.07) is 0. The number of likely N-dealkylation sites (N-methyl/N-ethyl adjacent to an activating group) is 4. The first kappa shape index (κ1) is 15.9. The van der Waals surface area contributed by atoms with Crippen LogP contribution in [0.1, 0.15) is 13.8 Å². The van der Waals surface area contributed by atoms with Gasteiger partial charge < -0.3 is 19.6 Å². The Morgan fingerprint density at radius 3 is 1.29 bits per heavy atom. The van der Waals surface area contributed by atoms with Crippen molar-refractivity contribution in [3.8, 4) is 0 Å². The third-order valence-electron chi connectivity index (χ3n) is 4.20. The van der Waals surface area contributed by atoms with Crippen LogP contribution >= 0.6 is 0 Å². The Morgan fingerprint density at radius 1 is 0.714 bits per heavy atom. The monoisotopic (exact) mass is 294 g/mol. The van der Waals surface area contributed by atoms with E-state index < -0.39 is 0 Å². The first-order chi connectivity index (χ1) is 9.80. The predicted molar refractivity (Wildman–Crippen MR) is 88.9 cm³/mol. The van der Waals surface area contributed by atoms with Gasteiger partial charge in [-0.05, 0) is 0 Å². The molecule has 0 aromatic carbocycles. The summed E-state index contributed by atoms with van der Waals surface area (Å²) in [5, 5.41) is 0. The lowest BCUT2D eigenvalue weighted by Gasteiger charge is -2.24. The maximum absolute atomic E-state index is 4.81. The molecule has 0 spiro atoms. The van der Waals surface area contributed by atoms with Gasteiger partial charge in [0.2, 0.25) is 0 Å². The largest absolute Gasteiger partial charge is 0.344 e. The molecule has 0 saturated carbocycles. The van der Waals surface area contributed by atoms with Gasteiger partial charge in [0.1, 0.15) is 0 Å². The van der Waals surface area contributed by atoms with Crippen molar-refractivity contribution in [3.05, 3.63) is 0 Å². The fraction of sp³-hybridized carbons (Fsp3) is 0.867. The van der Waals surface area contributed by atoms with Crippen molar-refractivity contribution in [1.29, 1.82) is 0 Å². The van der Waals surface area contributed by atoms with Crippen molar-refractivity contribution in [1.82, 2.24) is 19.6 Å². The minimum atomic E-state index is 0.0779. The molecule has 0 aromatic heterocycles. The number of nitrogens with zero attached hydrogens (tertiary/aromatic N) is 6. The quantitative estimate of drug-likeness (QED) is 0.756. The molecule has 0 amide bonds. The van der Waals surface area contributed by atoms with Gasteiger partial charge in [-0.1, -0.05) is 13.8 Å². The maximum Gasteiger partial charge on any atom is 0.196 e. The van der Waals surface area contributed by atoms with E-state index in [4.69, 9.17) is 9.98 Å². The molecule has 0 atom stereocenters. The van der Waals surface area contributed by atoms with Gasteiger partial charge >= 0.3 is 0 Å². The molecule has 0 unspecified atom stereocenters. The number of hydrogen-bond acceptors (Lipinski definition) is 2. The van der Waals surface area contributed by atoms with Crippen LogP contribution in [0.4, 0.5) is 0 Å². The van der Waals surface area contributed by atoms with E-state index >= 15 is 0 Å². The molecule has 2 aliphatic heterocycles. The van der Waals surface area contributed by atoms with Gasteiger partial charge in [0.25, 0.3) is 0 Å². The van der Waals surface area contributed by atoms with Gasteiger partial charge in [-0.15, -0.1) is 0 Å². The summed E-state index contributed by atoms with van der Waals surface area (Å²) >= 11 is 0. The van der Waals surface area contributed by atoms with Gasteiger partial charge in [0, 0.05) is 72.9 Å². The van der Waals surface area contributed by atoms with Crippen molar-refractivity contribution in [3.63, 3.8) is 0 Å². The van der Waals surface area contributed by atoms with Crippen LogP contribution in [0, 0.1) is 5.41 Å². The van der Waals surface area contributed by atoms with Crippen LogP contribution in [0.3, 0.4) is 0 Å². The van der Waals surface area contributed by atoms with E-state index in [1.807, 2.05) is 0 Å². The summed E-state index contributed by atoms with van der Waals surface area (Å²) in [7, 11) is 8.44. The summed E-state index contributed by atoms with van der Waals surface area (Å²) in [5.74, 6) is 2.21. The number of aliphatic imine (C=N–C) groups is 2. The molecule has 6 heteroatoms. The van der Waals surface area contributed by atoms with Crippen molar-refractivity contribution < 1.29 is 0 Å². The van der Waals surface area contributed by atoms with Crippen LogP contribution < -0.4 is 0 Å². The average Bonchev–Trinajstić information content (AvgIpc) is 2.89. The minimum absolute atomic E-state index is 0.0779. The van der Waals surface area contributed by atoms with Crippen LogP contribution in [0.15, 0.2) is 9.98 Å². The van der Waals surface area contributed by atoms with Crippen molar-refractivity contribution in [2.45, 2.75) is 13.8 Å². The second-order valence-electron chi connectivity index (χ2n) is 7.08. The molecule has 2 rings (SSSR count). The molecular formula is C15H30N6. The molecule has 0 radical (unpaired) electrons. The Balaban J connectivity index is 1.96. The topological polar surface area (TPSA) is 37.7 Å². The summed E-state index contributed by atoms with van der Waals surface area (Å²) in [6.45, 7) is 10.3. The molecule has 2 saturated heterocycles. The molecule has 2 aliphatic rings. The molecule has 0 N–H and O–H groups in total. The lowest BCUT2D eigenvalue weighted by atomic mass is 9.94. The fourth-order valence-corrected chi connectivity index (χ4v) is 2.69. The van der Waals surface area contributed by atoms with E-state index in [-0.39, 0.29) is 5.41 Å². The second kappa shape index (κ2) is 6.12. The van der Waals surface area contributed by atoms with Crippen LogP contribution in [0.5, 0.6) is 0 Å². The first-order valence-electron chi connectivity index (χ1n) is 7.73. The van der Waals surface area contributed by atoms with E-state index in [1.165, 1.54) is 0 Å². The zero-order valence-electron chi connectivity index (χ0n) is 14.4. The van der Waals surface area contributed by atoms with Gasteiger partial charge in [0.05, 0.1) is 0 Å². The molecule has 0 aromatic rings. The van der Waals surface area contributed by atoms with Crippen LogP contribution in [-0.4, -0.2) is 99.0 Å². The highest BCUT2D eigenvalue weighted by Crippen LogP contribution is 2.18. The number of rotatable bonds is 4. The highest BCUT2D eigenvalue weighted by Gasteiger charge is 2.24. The van der Waals surface area contributed by atoms with Crippen LogP contribution in [0.25, 0.3) is 0 Å². The van der Waals surface area contributed by atoms with E-state index in [2.05, 4.69) is 61.6 Å². The van der Waals surface area contributed by atoms with Crippen LogP contribution in [-0.2, 0) is 0 Å². The Morgan fingerprint density at radius 2 is 1.00 bits per heavy atom. The lowest BCUT2D eigenvalue weighted by molar-refractivity contribution is 0.385. The second-order valence-corrected chi connectivity index (χ2v) is 7.08. The minimum Gasteiger partial charge on any atom is -0.344 e. The summed E-state index contributed by atoms with van der Waals surface area (Å²) in [4.78, 5) is 18.5. The number of hydrogen-bond donors (Lipinski definition) is 0. The Hall–Kier alpha value is -1.46. The van der Waals surface area contributed by atoms with E-state index in [9.17, 15) is 0 Å². The van der Waals surface area contributed by atoms with E-state index in [0.29, 0.717) is 0 Å². The van der Waals surface area contributed by atoms with E-state index in [0.717, 1.165) is 51.2 Å². The Bertz CT molecular complexity index is 366. The molecule has 2 fully saturated rings. The van der Waals surface area contributed by atoms with Crippen molar-refractivity contribution >= 4 is 11.9 Å². The molecular weight excluding hydrogens is 264 g/mol. The van der Waals surface area contributed by atoms with Crippen molar-refractivity contribution in [2.75, 3.05) is 67.5 Å². The third kappa shape index (κ3) is 3.80. The molecule has 120 valence electrons. The molecule has 6 nitrogen and oxygen atoms in total. The van der Waals surface area contributed by atoms with Crippen molar-refractivity contribution in [2.24, 2.45) is 15.4 Å². The SMILES string of the molecule is CN1CCN(C)C1=NCC(C)(C)CN=C1N(C)CCN1C. The van der Waals surface area contributed by atoms with Gasteiger partial charge in [0.15, 0.2) is 11.9 Å². The average molecular weight is 294 g/mol. The number of guanidine groups is 2. The first-order valence-corrected chi connectivity index (χ1v) is 7.73. The Kier molecular flexibility index (Phi) is 4.64. The Labute approximate surface area is 129 Å². The molecule has 0 aliphatic carbocycles. The predicted octanol–water partition coefficient (Wildman–Crippen LogP) is 0.479. The normalized spacial score (nSPS) is 19.9. The molecule has 2 heterocycles. The fourth-order valence-electron chi connectivity index (χ4n) is 2.69. The third-order valence-corrected chi connectivity index (χ3v) is 4.20. The molecule has 0 bridgehead atoms. The summed E-state index contributed by atoms with van der Waals surface area (Å²) in [5.41, 5.74) is 0.0779. The highest BCUT2D eigenvalue weighted by atomic mass is 15.4. The lowest BCUT2D eigenvalue weighted by Crippen LogP contribution is -2.32. The smallest absolute Gasteiger partial charge is 0.196 e. The van der Waals surface area contributed by atoms with E-state index in [1.54, 1.807) is 0 Å². The highest BCUT2D eigenvalue weighted by molar-refractivity contribution is 5.82. The van der Waals surface area contributed by atoms with Gasteiger partial charge in [-0.3, -0.25) is 9.98 Å².